The molecule has 1 aliphatic rings. The molecule has 2 rings (SSSR count). The van der Waals surface area contributed by atoms with Gasteiger partial charge in [0.15, 0.2) is 0 Å². The van der Waals surface area contributed by atoms with E-state index in [1.807, 2.05) is 6.20 Å². The predicted octanol–water partition coefficient (Wildman–Crippen LogP) is 2.51. The highest BCUT2D eigenvalue weighted by molar-refractivity contribution is 9.10. The van der Waals surface area contributed by atoms with Crippen molar-refractivity contribution in [2.45, 2.75) is 25.2 Å². The van der Waals surface area contributed by atoms with Gasteiger partial charge in [-0.05, 0) is 40.3 Å². The van der Waals surface area contributed by atoms with E-state index in [1.54, 1.807) is 6.20 Å². The van der Waals surface area contributed by atoms with Crippen LogP contribution in [-0.4, -0.2) is 10.2 Å². The molecule has 1 aromatic rings. The lowest BCUT2D eigenvalue weighted by molar-refractivity contribution is 0.417. The number of hydrogen-bond donors (Lipinski definition) is 0. The van der Waals surface area contributed by atoms with Gasteiger partial charge >= 0.3 is 0 Å². The fraction of sp³-hybridized carbons (Fsp3) is 0.500. The summed E-state index contributed by atoms with van der Waals surface area (Å²) in [4.78, 5) is 0. The first-order valence-corrected chi connectivity index (χ1v) is 4.63. The number of halogens is 1. The molecule has 58 valence electrons. The van der Waals surface area contributed by atoms with Crippen molar-refractivity contribution in [1.82, 2.24) is 10.2 Å². The molecule has 0 amide bonds. The van der Waals surface area contributed by atoms with Crippen LogP contribution in [0.15, 0.2) is 16.9 Å². The van der Waals surface area contributed by atoms with E-state index in [4.69, 9.17) is 0 Å². The van der Waals surface area contributed by atoms with Crippen LogP contribution in [0.5, 0.6) is 0 Å². The topological polar surface area (TPSA) is 25.8 Å². The molecule has 1 aliphatic carbocycles. The van der Waals surface area contributed by atoms with Crippen LogP contribution in [0.2, 0.25) is 0 Å². The smallest absolute Gasteiger partial charge is 0.0641 e. The Morgan fingerprint density at radius 2 is 2.00 bits per heavy atom. The monoisotopic (exact) mass is 212 g/mol. The molecular formula is C8H9BrN2. The molecule has 0 atom stereocenters. The number of aromatic nitrogens is 2. The molecule has 0 saturated heterocycles. The number of rotatable bonds is 1. The molecule has 1 aromatic heterocycles. The van der Waals surface area contributed by atoms with Gasteiger partial charge in [-0.3, -0.25) is 0 Å². The Balaban J connectivity index is 2.28. The molecule has 2 nitrogen and oxygen atoms in total. The van der Waals surface area contributed by atoms with Gasteiger partial charge in [-0.1, -0.05) is 6.42 Å². The summed E-state index contributed by atoms with van der Waals surface area (Å²) in [5.41, 5.74) is 1.33. The molecule has 0 unspecified atom stereocenters. The Morgan fingerprint density at radius 1 is 1.27 bits per heavy atom. The Labute approximate surface area is 74.2 Å². The van der Waals surface area contributed by atoms with Gasteiger partial charge in [0.1, 0.15) is 0 Å². The van der Waals surface area contributed by atoms with Crippen molar-refractivity contribution in [2.24, 2.45) is 0 Å². The summed E-state index contributed by atoms with van der Waals surface area (Å²) in [6.45, 7) is 0. The molecule has 1 fully saturated rings. The van der Waals surface area contributed by atoms with E-state index in [-0.39, 0.29) is 0 Å². The van der Waals surface area contributed by atoms with Crippen molar-refractivity contribution in [3.8, 4) is 0 Å². The van der Waals surface area contributed by atoms with Crippen LogP contribution in [-0.2, 0) is 0 Å². The zero-order chi connectivity index (χ0) is 7.68. The van der Waals surface area contributed by atoms with Crippen LogP contribution in [0.4, 0.5) is 0 Å². The predicted molar refractivity (Wildman–Crippen MR) is 46.3 cm³/mol. The zero-order valence-corrected chi connectivity index (χ0v) is 7.71. The fourth-order valence-electron chi connectivity index (χ4n) is 1.34. The molecule has 0 aromatic carbocycles. The van der Waals surface area contributed by atoms with E-state index in [0.29, 0.717) is 0 Å². The molecule has 11 heavy (non-hydrogen) atoms. The quantitative estimate of drug-likeness (QED) is 0.716. The van der Waals surface area contributed by atoms with Crippen LogP contribution in [0.1, 0.15) is 30.7 Å². The molecule has 1 saturated carbocycles. The SMILES string of the molecule is Brc1cnncc1C1CCC1. The first kappa shape index (κ1) is 7.22. The van der Waals surface area contributed by atoms with E-state index in [9.17, 15) is 0 Å². The third-order valence-electron chi connectivity index (χ3n) is 2.26. The minimum absolute atomic E-state index is 0.736. The molecule has 0 spiro atoms. The Kier molecular flexibility index (Phi) is 1.90. The van der Waals surface area contributed by atoms with Gasteiger partial charge in [0.25, 0.3) is 0 Å². The largest absolute Gasteiger partial charge is 0.159 e. The van der Waals surface area contributed by atoms with E-state index >= 15 is 0 Å². The Hall–Kier alpha value is -0.440. The lowest BCUT2D eigenvalue weighted by Gasteiger charge is -2.25. The minimum atomic E-state index is 0.736. The standard InChI is InChI=1S/C8H9BrN2/c9-8-5-11-10-4-7(8)6-2-1-3-6/h4-6H,1-3H2. The van der Waals surface area contributed by atoms with Crippen LogP contribution in [0.3, 0.4) is 0 Å². The third-order valence-corrected chi connectivity index (χ3v) is 2.92. The summed E-state index contributed by atoms with van der Waals surface area (Å²) < 4.78 is 1.11. The summed E-state index contributed by atoms with van der Waals surface area (Å²) in [7, 11) is 0. The summed E-state index contributed by atoms with van der Waals surface area (Å²) in [5, 5.41) is 7.66. The highest BCUT2D eigenvalue weighted by Crippen LogP contribution is 2.38. The van der Waals surface area contributed by atoms with Gasteiger partial charge in [0.2, 0.25) is 0 Å². The summed E-state index contributed by atoms with van der Waals surface area (Å²) in [5.74, 6) is 0.736. The van der Waals surface area contributed by atoms with E-state index in [2.05, 4.69) is 26.1 Å². The lowest BCUT2D eigenvalue weighted by Crippen LogP contribution is -2.09. The van der Waals surface area contributed by atoms with Crippen molar-refractivity contribution >= 4 is 15.9 Å². The average Bonchev–Trinajstić information content (AvgIpc) is 1.90. The van der Waals surface area contributed by atoms with Crippen molar-refractivity contribution in [1.29, 1.82) is 0 Å². The highest BCUT2D eigenvalue weighted by Gasteiger charge is 2.21. The molecule has 0 N–H and O–H groups in total. The van der Waals surface area contributed by atoms with Gasteiger partial charge in [0.05, 0.1) is 12.4 Å². The first-order chi connectivity index (χ1) is 5.38. The van der Waals surface area contributed by atoms with Crippen LogP contribution in [0.25, 0.3) is 0 Å². The third kappa shape index (κ3) is 1.29. The number of nitrogens with zero attached hydrogens (tertiary/aromatic N) is 2. The molecule has 0 aliphatic heterocycles. The second kappa shape index (κ2) is 2.89. The van der Waals surface area contributed by atoms with Crippen molar-refractivity contribution in [2.75, 3.05) is 0 Å². The van der Waals surface area contributed by atoms with Gasteiger partial charge in [-0.2, -0.15) is 10.2 Å². The Bertz CT molecular complexity index is 258. The zero-order valence-electron chi connectivity index (χ0n) is 6.13. The highest BCUT2D eigenvalue weighted by atomic mass is 79.9. The van der Waals surface area contributed by atoms with Gasteiger partial charge < -0.3 is 0 Å². The second-order valence-corrected chi connectivity index (χ2v) is 3.77. The van der Waals surface area contributed by atoms with Crippen LogP contribution < -0.4 is 0 Å². The maximum atomic E-state index is 3.87. The van der Waals surface area contributed by atoms with E-state index in [1.165, 1.54) is 24.8 Å². The van der Waals surface area contributed by atoms with Crippen molar-refractivity contribution in [3.05, 3.63) is 22.4 Å². The maximum absolute atomic E-state index is 3.87. The number of hydrogen-bond acceptors (Lipinski definition) is 2. The molecular weight excluding hydrogens is 204 g/mol. The van der Waals surface area contributed by atoms with Gasteiger partial charge in [-0.25, -0.2) is 0 Å². The normalized spacial score (nSPS) is 17.9. The van der Waals surface area contributed by atoms with Crippen LogP contribution in [0, 0.1) is 0 Å². The summed E-state index contributed by atoms with van der Waals surface area (Å²) in [6, 6.07) is 0. The van der Waals surface area contributed by atoms with Crippen molar-refractivity contribution < 1.29 is 0 Å². The minimum Gasteiger partial charge on any atom is -0.159 e. The average molecular weight is 213 g/mol. The molecule has 1 heterocycles. The van der Waals surface area contributed by atoms with Gasteiger partial charge in [0, 0.05) is 4.47 Å². The maximum Gasteiger partial charge on any atom is 0.0641 e. The molecule has 3 heteroatoms. The van der Waals surface area contributed by atoms with Gasteiger partial charge in [-0.15, -0.1) is 0 Å². The summed E-state index contributed by atoms with van der Waals surface area (Å²) in [6.07, 6.45) is 7.62. The van der Waals surface area contributed by atoms with E-state index in [0.717, 1.165) is 10.4 Å². The fourth-order valence-corrected chi connectivity index (χ4v) is 1.85. The lowest BCUT2D eigenvalue weighted by atomic mass is 9.81. The first-order valence-electron chi connectivity index (χ1n) is 3.84. The summed E-state index contributed by atoms with van der Waals surface area (Å²) >= 11 is 3.47. The molecule has 0 bridgehead atoms. The van der Waals surface area contributed by atoms with E-state index < -0.39 is 0 Å². The molecule has 0 radical (unpaired) electrons. The van der Waals surface area contributed by atoms with Crippen molar-refractivity contribution in [3.63, 3.8) is 0 Å². The second-order valence-electron chi connectivity index (χ2n) is 2.92. The Morgan fingerprint density at radius 3 is 2.55 bits per heavy atom. The van der Waals surface area contributed by atoms with Crippen LogP contribution >= 0.6 is 15.9 Å².